The van der Waals surface area contributed by atoms with Gasteiger partial charge in [-0.25, -0.2) is 12.7 Å². The van der Waals surface area contributed by atoms with Gasteiger partial charge >= 0.3 is 6.18 Å². The highest BCUT2D eigenvalue weighted by Gasteiger charge is 2.44. The summed E-state index contributed by atoms with van der Waals surface area (Å²) in [4.78, 5) is 12.5. The summed E-state index contributed by atoms with van der Waals surface area (Å²) in [5.74, 6) is -1.01. The van der Waals surface area contributed by atoms with Crippen molar-refractivity contribution in [2.24, 2.45) is 7.05 Å². The Morgan fingerprint density at radius 1 is 1.24 bits per heavy atom. The lowest BCUT2D eigenvalue weighted by Gasteiger charge is -2.17. The second-order valence-corrected chi connectivity index (χ2v) is 7.69. The Morgan fingerprint density at radius 2 is 1.88 bits per heavy atom. The van der Waals surface area contributed by atoms with Crippen LogP contribution < -0.4 is 0 Å². The Bertz CT molecular complexity index is 907. The zero-order valence-corrected chi connectivity index (χ0v) is 13.9. The van der Waals surface area contributed by atoms with Crippen LogP contribution in [0.25, 0.3) is 0 Å². The number of halogens is 3. The zero-order chi connectivity index (χ0) is 18.4. The normalized spacial score (nSPS) is 20.0. The van der Waals surface area contributed by atoms with E-state index in [1.807, 2.05) is 0 Å². The summed E-state index contributed by atoms with van der Waals surface area (Å²) in [6, 6.07) is 8.96. The number of carbonyl (C=O) groups is 1. The van der Waals surface area contributed by atoms with Crippen molar-refractivity contribution in [1.29, 1.82) is 0 Å². The van der Waals surface area contributed by atoms with Crippen molar-refractivity contribution < 1.29 is 26.4 Å². The van der Waals surface area contributed by atoms with Crippen molar-refractivity contribution in [3.63, 3.8) is 0 Å². The number of alkyl halides is 3. The van der Waals surface area contributed by atoms with E-state index in [1.54, 1.807) is 30.3 Å². The van der Waals surface area contributed by atoms with Gasteiger partial charge in [-0.05, 0) is 12.0 Å². The highest BCUT2D eigenvalue weighted by atomic mass is 32.2. The van der Waals surface area contributed by atoms with Crippen molar-refractivity contribution >= 4 is 15.9 Å². The van der Waals surface area contributed by atoms with Gasteiger partial charge in [-0.2, -0.15) is 18.3 Å². The second-order valence-electron chi connectivity index (χ2n) is 5.65. The minimum atomic E-state index is -4.72. The maximum Gasteiger partial charge on any atom is 0.435 e. The van der Waals surface area contributed by atoms with Crippen LogP contribution in [0.15, 0.2) is 36.4 Å². The van der Waals surface area contributed by atoms with Gasteiger partial charge in [0.2, 0.25) is 10.0 Å². The third-order valence-corrected chi connectivity index (χ3v) is 6.24. The predicted octanol–water partition coefficient (Wildman–Crippen LogP) is 2.36. The number of nitrogens with zero attached hydrogens (tertiary/aromatic N) is 3. The van der Waals surface area contributed by atoms with Crippen molar-refractivity contribution in [2.75, 3.05) is 6.54 Å². The van der Waals surface area contributed by atoms with E-state index in [2.05, 4.69) is 5.10 Å². The van der Waals surface area contributed by atoms with Gasteiger partial charge in [0.15, 0.2) is 5.69 Å². The molecule has 0 spiro atoms. The molecule has 1 aromatic heterocycles. The van der Waals surface area contributed by atoms with Crippen LogP contribution in [0.3, 0.4) is 0 Å². The number of rotatable bonds is 2. The van der Waals surface area contributed by atoms with Crippen LogP contribution in [-0.2, 0) is 23.2 Å². The number of aryl methyl sites for hydroxylation is 1. The van der Waals surface area contributed by atoms with E-state index in [0.29, 0.717) is 15.9 Å². The van der Waals surface area contributed by atoms with E-state index in [1.165, 1.54) is 7.05 Å². The first-order chi connectivity index (χ1) is 11.6. The smallest absolute Gasteiger partial charge is 0.266 e. The Kier molecular flexibility index (Phi) is 4.10. The number of carbonyl (C=O) groups excluding carboxylic acids is 1. The molecule has 0 saturated carbocycles. The predicted molar refractivity (Wildman–Crippen MR) is 82.0 cm³/mol. The highest BCUT2D eigenvalue weighted by molar-refractivity contribution is 7.90. The van der Waals surface area contributed by atoms with Crippen LogP contribution in [0, 0.1) is 0 Å². The molecular weight excluding hydrogens is 359 g/mol. The summed E-state index contributed by atoms with van der Waals surface area (Å²) >= 11 is 0. The van der Waals surface area contributed by atoms with E-state index in [9.17, 15) is 26.4 Å². The minimum absolute atomic E-state index is 0.0900. The molecule has 1 atom stereocenters. The summed E-state index contributed by atoms with van der Waals surface area (Å²) in [6.45, 7) is -0.0900. The molecule has 25 heavy (non-hydrogen) atoms. The van der Waals surface area contributed by atoms with Crippen LogP contribution in [-0.4, -0.2) is 35.0 Å². The van der Waals surface area contributed by atoms with E-state index in [4.69, 9.17) is 0 Å². The first-order valence-corrected chi connectivity index (χ1v) is 8.85. The van der Waals surface area contributed by atoms with Gasteiger partial charge in [-0.3, -0.25) is 9.48 Å². The van der Waals surface area contributed by atoms with Crippen LogP contribution in [0.5, 0.6) is 0 Å². The Balaban J connectivity index is 1.93. The van der Waals surface area contributed by atoms with E-state index < -0.39 is 38.7 Å². The first-order valence-electron chi connectivity index (χ1n) is 7.34. The molecule has 1 aromatic carbocycles. The molecule has 1 fully saturated rings. The topological polar surface area (TPSA) is 72.3 Å². The van der Waals surface area contributed by atoms with E-state index in [-0.39, 0.29) is 13.0 Å². The summed E-state index contributed by atoms with van der Waals surface area (Å²) in [7, 11) is -2.84. The molecule has 1 amide bonds. The van der Waals surface area contributed by atoms with Crippen LogP contribution in [0.1, 0.15) is 33.4 Å². The molecule has 1 aliphatic heterocycles. The molecule has 2 heterocycles. The summed E-state index contributed by atoms with van der Waals surface area (Å²) in [5.41, 5.74) is -1.13. The van der Waals surface area contributed by atoms with Crippen molar-refractivity contribution in [3.05, 3.63) is 53.3 Å². The third-order valence-electron chi connectivity index (χ3n) is 4.05. The van der Waals surface area contributed by atoms with E-state index >= 15 is 0 Å². The quantitative estimate of drug-likeness (QED) is 0.810. The van der Waals surface area contributed by atoms with Gasteiger partial charge in [-0.15, -0.1) is 0 Å². The fraction of sp³-hybridized carbons (Fsp3) is 0.333. The SMILES string of the molecule is Cn1nc(C(F)(F)F)cc1C(=O)N1CCC(c2ccccc2)S1(=O)=O. The molecule has 10 heteroatoms. The molecule has 3 rings (SSSR count). The molecular formula is C15H14F3N3O3S. The van der Waals surface area contributed by atoms with Gasteiger partial charge < -0.3 is 0 Å². The molecule has 6 nitrogen and oxygen atoms in total. The zero-order valence-electron chi connectivity index (χ0n) is 13.1. The first kappa shape index (κ1) is 17.5. The molecule has 0 radical (unpaired) electrons. The van der Waals surface area contributed by atoms with Crippen LogP contribution in [0.4, 0.5) is 13.2 Å². The third kappa shape index (κ3) is 3.01. The van der Waals surface area contributed by atoms with Crippen LogP contribution in [0.2, 0.25) is 0 Å². The monoisotopic (exact) mass is 373 g/mol. The minimum Gasteiger partial charge on any atom is -0.266 e. The van der Waals surface area contributed by atoms with Crippen molar-refractivity contribution in [1.82, 2.24) is 14.1 Å². The number of hydrogen-bond donors (Lipinski definition) is 0. The van der Waals surface area contributed by atoms with Gasteiger partial charge in [0, 0.05) is 19.7 Å². The fourth-order valence-corrected chi connectivity index (χ4v) is 4.72. The average molecular weight is 373 g/mol. The molecule has 2 aromatic rings. The molecule has 0 aliphatic carbocycles. The highest BCUT2D eigenvalue weighted by Crippen LogP contribution is 2.36. The Labute approximate surface area is 141 Å². The summed E-state index contributed by atoms with van der Waals surface area (Å²) in [6.07, 6.45) is -4.53. The van der Waals surface area contributed by atoms with E-state index in [0.717, 1.165) is 4.68 Å². The lowest BCUT2D eigenvalue weighted by Crippen LogP contribution is -2.34. The van der Waals surface area contributed by atoms with Crippen molar-refractivity contribution in [3.8, 4) is 0 Å². The Morgan fingerprint density at radius 3 is 2.44 bits per heavy atom. The number of sulfonamides is 1. The van der Waals surface area contributed by atoms with Gasteiger partial charge in [0.05, 0.1) is 0 Å². The lowest BCUT2D eigenvalue weighted by molar-refractivity contribution is -0.141. The molecule has 1 saturated heterocycles. The molecule has 1 unspecified atom stereocenters. The Hall–Kier alpha value is -2.36. The van der Waals surface area contributed by atoms with Gasteiger partial charge in [-0.1, -0.05) is 30.3 Å². The van der Waals surface area contributed by atoms with Gasteiger partial charge in [0.25, 0.3) is 5.91 Å². The molecule has 1 aliphatic rings. The number of hydrogen-bond acceptors (Lipinski definition) is 4. The average Bonchev–Trinajstić information content (AvgIpc) is 3.07. The second kappa shape index (κ2) is 5.87. The number of aromatic nitrogens is 2. The molecule has 134 valence electrons. The maximum atomic E-state index is 12.7. The standard InChI is InChI=1S/C15H14F3N3O3S/c1-20-11(9-13(19-20)15(16,17)18)14(22)21-8-7-12(25(21,23)24)10-5-3-2-4-6-10/h2-6,9,12H,7-8H2,1H3. The van der Waals surface area contributed by atoms with Crippen molar-refractivity contribution in [2.45, 2.75) is 17.8 Å². The summed E-state index contributed by atoms with van der Waals surface area (Å²) < 4.78 is 64.9. The lowest BCUT2D eigenvalue weighted by atomic mass is 10.1. The molecule has 0 bridgehead atoms. The number of amides is 1. The van der Waals surface area contributed by atoms with Crippen LogP contribution >= 0.6 is 0 Å². The number of benzene rings is 1. The summed E-state index contributed by atoms with van der Waals surface area (Å²) in [5, 5.41) is 2.35. The fourth-order valence-electron chi connectivity index (χ4n) is 2.82. The molecule has 0 N–H and O–H groups in total. The maximum absolute atomic E-state index is 12.7. The van der Waals surface area contributed by atoms with Gasteiger partial charge in [0.1, 0.15) is 10.9 Å². The largest absolute Gasteiger partial charge is 0.435 e.